The Morgan fingerprint density at radius 2 is 1.47 bits per heavy atom. The van der Waals surface area contributed by atoms with E-state index in [1.54, 1.807) is 0 Å². The van der Waals surface area contributed by atoms with E-state index in [9.17, 15) is 0 Å². The Bertz CT molecular complexity index is 280. The molecule has 0 amide bonds. The SMILES string of the molecule is CCC.CCCCC.Cc1cccc(Cl)c1C(C)C. The summed E-state index contributed by atoms with van der Waals surface area (Å²) in [5.74, 6) is 0.517. The highest BCUT2D eigenvalue weighted by molar-refractivity contribution is 6.31. The van der Waals surface area contributed by atoms with Crippen LogP contribution in [0.15, 0.2) is 18.2 Å². The molecule has 0 N–H and O–H groups in total. The second-order valence-corrected chi connectivity index (χ2v) is 5.59. The summed E-state index contributed by atoms with van der Waals surface area (Å²) in [6.07, 6.45) is 5.33. The van der Waals surface area contributed by atoms with Gasteiger partial charge >= 0.3 is 0 Å². The Labute approximate surface area is 126 Å². The smallest absolute Gasteiger partial charge is 0.0443 e. The molecule has 0 aliphatic rings. The van der Waals surface area contributed by atoms with E-state index in [0.717, 1.165) is 5.02 Å². The Hall–Kier alpha value is -0.490. The predicted molar refractivity (Wildman–Crippen MR) is 91.4 cm³/mol. The van der Waals surface area contributed by atoms with Crippen LogP contribution in [0.3, 0.4) is 0 Å². The lowest BCUT2D eigenvalue weighted by Gasteiger charge is -2.10. The highest BCUT2D eigenvalue weighted by atomic mass is 35.5. The molecular weight excluding hydrogens is 252 g/mol. The monoisotopic (exact) mass is 284 g/mol. The minimum atomic E-state index is 0.517. The van der Waals surface area contributed by atoms with Crippen LogP contribution >= 0.6 is 11.6 Å². The molecule has 0 aliphatic carbocycles. The third-order valence-corrected chi connectivity index (χ3v) is 2.88. The first-order chi connectivity index (χ1) is 8.95. The van der Waals surface area contributed by atoms with Gasteiger partial charge in [-0.15, -0.1) is 0 Å². The number of halogens is 1. The first-order valence-electron chi connectivity index (χ1n) is 7.70. The molecule has 0 unspecified atom stereocenters. The second-order valence-electron chi connectivity index (χ2n) is 5.19. The third kappa shape index (κ3) is 11.1. The van der Waals surface area contributed by atoms with E-state index >= 15 is 0 Å². The van der Waals surface area contributed by atoms with Crippen LogP contribution in [0, 0.1) is 6.92 Å². The summed E-state index contributed by atoms with van der Waals surface area (Å²) in [7, 11) is 0. The van der Waals surface area contributed by atoms with Crippen LogP contribution in [-0.4, -0.2) is 0 Å². The Morgan fingerprint density at radius 1 is 1.00 bits per heavy atom. The number of benzene rings is 1. The van der Waals surface area contributed by atoms with Crippen molar-refractivity contribution in [2.24, 2.45) is 0 Å². The number of hydrogen-bond acceptors (Lipinski definition) is 0. The zero-order valence-corrected chi connectivity index (χ0v) is 14.8. The maximum Gasteiger partial charge on any atom is 0.0443 e. The molecule has 0 heterocycles. The lowest BCUT2D eigenvalue weighted by Crippen LogP contribution is -1.92. The van der Waals surface area contributed by atoms with Crippen LogP contribution in [0.4, 0.5) is 0 Å². The van der Waals surface area contributed by atoms with Gasteiger partial charge in [-0.05, 0) is 30.0 Å². The molecule has 1 aromatic carbocycles. The van der Waals surface area contributed by atoms with Gasteiger partial charge in [0, 0.05) is 5.02 Å². The van der Waals surface area contributed by atoms with Crippen molar-refractivity contribution in [1.29, 1.82) is 0 Å². The fraction of sp³-hybridized carbons (Fsp3) is 0.667. The summed E-state index contributed by atoms with van der Waals surface area (Å²) in [5, 5.41) is 0.889. The molecule has 0 fully saturated rings. The summed E-state index contributed by atoms with van der Waals surface area (Å²) in [6.45, 7) is 15.1. The van der Waals surface area contributed by atoms with E-state index in [4.69, 9.17) is 11.6 Å². The van der Waals surface area contributed by atoms with Crippen molar-refractivity contribution in [1.82, 2.24) is 0 Å². The van der Waals surface area contributed by atoms with Crippen molar-refractivity contribution < 1.29 is 0 Å². The van der Waals surface area contributed by atoms with E-state index in [-0.39, 0.29) is 0 Å². The molecule has 112 valence electrons. The molecule has 1 heteroatoms. The highest BCUT2D eigenvalue weighted by Crippen LogP contribution is 2.26. The van der Waals surface area contributed by atoms with Crippen LogP contribution in [0.2, 0.25) is 5.02 Å². The van der Waals surface area contributed by atoms with Gasteiger partial charge in [0.05, 0.1) is 0 Å². The fourth-order valence-corrected chi connectivity index (χ4v) is 2.17. The van der Waals surface area contributed by atoms with E-state index < -0.39 is 0 Å². The van der Waals surface area contributed by atoms with Crippen LogP contribution in [0.5, 0.6) is 0 Å². The van der Waals surface area contributed by atoms with Gasteiger partial charge in [0.25, 0.3) is 0 Å². The summed E-state index contributed by atoms with van der Waals surface area (Å²) < 4.78 is 0. The lowest BCUT2D eigenvalue weighted by molar-refractivity contribution is 0.772. The van der Waals surface area contributed by atoms with Crippen molar-refractivity contribution in [3.8, 4) is 0 Å². The standard InChI is InChI=1S/C10H13Cl.C5H12.C3H8/c1-7(2)10-8(3)5-4-6-9(10)11;1-3-5-4-2;1-3-2/h4-7H,1-3H3;3-5H2,1-2H3;3H2,1-2H3. The van der Waals surface area contributed by atoms with Gasteiger partial charge in [-0.25, -0.2) is 0 Å². The maximum absolute atomic E-state index is 6.02. The summed E-state index contributed by atoms with van der Waals surface area (Å²) in [5.41, 5.74) is 2.56. The van der Waals surface area contributed by atoms with Crippen molar-refractivity contribution in [2.45, 2.75) is 80.1 Å². The Balaban J connectivity index is 0. The van der Waals surface area contributed by atoms with E-state index in [1.807, 2.05) is 12.1 Å². The molecule has 0 radical (unpaired) electrons. The molecular formula is C18H33Cl. The highest BCUT2D eigenvalue weighted by Gasteiger charge is 2.06. The van der Waals surface area contributed by atoms with Gasteiger partial charge in [0.2, 0.25) is 0 Å². The molecule has 0 saturated heterocycles. The molecule has 0 spiro atoms. The van der Waals surface area contributed by atoms with Crippen LogP contribution in [0.25, 0.3) is 0 Å². The van der Waals surface area contributed by atoms with Gasteiger partial charge in [-0.3, -0.25) is 0 Å². The van der Waals surface area contributed by atoms with Crippen molar-refractivity contribution in [2.75, 3.05) is 0 Å². The van der Waals surface area contributed by atoms with Crippen molar-refractivity contribution >= 4 is 11.6 Å². The van der Waals surface area contributed by atoms with Gasteiger partial charge in [0.1, 0.15) is 0 Å². The number of aryl methyl sites for hydroxylation is 1. The molecule has 0 aliphatic heterocycles. The number of hydrogen-bond donors (Lipinski definition) is 0. The fourth-order valence-electron chi connectivity index (χ4n) is 1.73. The van der Waals surface area contributed by atoms with Gasteiger partial charge in [-0.2, -0.15) is 0 Å². The largest absolute Gasteiger partial charge is 0.0840 e. The van der Waals surface area contributed by atoms with Crippen LogP contribution in [0.1, 0.15) is 84.3 Å². The van der Waals surface area contributed by atoms with Gasteiger partial charge in [0.15, 0.2) is 0 Å². The molecule has 0 aromatic heterocycles. The predicted octanol–water partition coefficient (Wildman–Crippen LogP) is 7.38. The van der Waals surface area contributed by atoms with Crippen LogP contribution < -0.4 is 0 Å². The average Bonchev–Trinajstić information content (AvgIpc) is 2.31. The zero-order chi connectivity index (χ0) is 15.3. The van der Waals surface area contributed by atoms with E-state index in [2.05, 4.69) is 54.5 Å². The minimum Gasteiger partial charge on any atom is -0.0840 e. The van der Waals surface area contributed by atoms with E-state index in [0.29, 0.717) is 5.92 Å². The topological polar surface area (TPSA) is 0 Å². The Morgan fingerprint density at radius 3 is 1.68 bits per heavy atom. The van der Waals surface area contributed by atoms with Gasteiger partial charge in [-0.1, -0.05) is 91.0 Å². The summed E-state index contributed by atoms with van der Waals surface area (Å²) in [6, 6.07) is 6.04. The molecule has 1 rings (SSSR count). The maximum atomic E-state index is 6.02. The summed E-state index contributed by atoms with van der Waals surface area (Å²) in [4.78, 5) is 0. The third-order valence-electron chi connectivity index (χ3n) is 2.56. The second kappa shape index (κ2) is 13.9. The van der Waals surface area contributed by atoms with E-state index in [1.165, 1.54) is 36.8 Å². The number of unbranched alkanes of at least 4 members (excludes halogenated alkanes) is 2. The minimum absolute atomic E-state index is 0.517. The Kier molecular flexibility index (Phi) is 15.3. The molecule has 0 saturated carbocycles. The number of rotatable bonds is 3. The average molecular weight is 285 g/mol. The normalized spacial score (nSPS) is 9.32. The molecule has 19 heavy (non-hydrogen) atoms. The van der Waals surface area contributed by atoms with Crippen molar-refractivity contribution in [3.63, 3.8) is 0 Å². The first-order valence-corrected chi connectivity index (χ1v) is 8.08. The van der Waals surface area contributed by atoms with Gasteiger partial charge < -0.3 is 0 Å². The van der Waals surface area contributed by atoms with Crippen LogP contribution in [-0.2, 0) is 0 Å². The molecule has 0 bridgehead atoms. The molecule has 0 atom stereocenters. The zero-order valence-electron chi connectivity index (χ0n) is 14.0. The molecule has 1 aromatic rings. The van der Waals surface area contributed by atoms with Crippen molar-refractivity contribution in [3.05, 3.63) is 34.3 Å². The lowest BCUT2D eigenvalue weighted by atomic mass is 9.98. The quantitative estimate of drug-likeness (QED) is 0.543. The summed E-state index contributed by atoms with van der Waals surface area (Å²) >= 11 is 6.02. The first kappa shape index (κ1) is 20.8. The molecule has 0 nitrogen and oxygen atoms in total.